The summed E-state index contributed by atoms with van der Waals surface area (Å²) in [7, 11) is 0. The number of benzene rings is 5. The first-order valence-electron chi connectivity index (χ1n) is 36.3. The van der Waals surface area contributed by atoms with Gasteiger partial charge in [-0.1, -0.05) is 29.8 Å². The van der Waals surface area contributed by atoms with Gasteiger partial charge in [-0.25, -0.2) is 86.7 Å². The zero-order chi connectivity index (χ0) is 85.6. The molecule has 608 valence electrons. The maximum atomic E-state index is 13.8. The number of Topliss-reactive ketones (excluding diaryl/α,β-unsaturated/α-hetero) is 5. The van der Waals surface area contributed by atoms with Gasteiger partial charge in [0.1, 0.15) is 101 Å². The van der Waals surface area contributed by atoms with E-state index >= 15 is 0 Å². The van der Waals surface area contributed by atoms with Crippen molar-refractivity contribution < 1.29 is 69.6 Å². The fourth-order valence-electron chi connectivity index (χ4n) is 10.9. The average molecular weight is 1670 g/mol. The number of pyridine rings is 3. The number of aromatic nitrogens is 16. The van der Waals surface area contributed by atoms with E-state index in [2.05, 4.69) is 79.7 Å². The number of hydrogen-bond acceptors (Lipinski definition) is 27. The fourth-order valence-corrected chi connectivity index (χ4v) is 12.0. The van der Waals surface area contributed by atoms with Gasteiger partial charge in [0.2, 0.25) is 0 Å². The van der Waals surface area contributed by atoms with E-state index in [0.29, 0.717) is 67.3 Å². The molecule has 33 heteroatoms. The van der Waals surface area contributed by atoms with Crippen LogP contribution in [0.4, 0.5) is 22.0 Å². The quantitative estimate of drug-likeness (QED) is 0.0359. The summed E-state index contributed by atoms with van der Waals surface area (Å²) in [5, 5.41) is 2.55. The summed E-state index contributed by atoms with van der Waals surface area (Å²) < 4.78 is 96.0. The van der Waals surface area contributed by atoms with Crippen LogP contribution in [0, 0.1) is 51.0 Å². The molecule has 0 bridgehead atoms. The van der Waals surface area contributed by atoms with E-state index in [4.69, 9.17) is 35.3 Å². The normalized spacial score (nSPS) is 10.7. The summed E-state index contributed by atoms with van der Waals surface area (Å²) in [6, 6.07) is 31.2. The maximum absolute atomic E-state index is 13.8. The minimum Gasteiger partial charge on any atom is -0.454 e. The molecule has 15 aromatic rings. The Morgan fingerprint density at radius 1 is 0.364 bits per heavy atom. The van der Waals surface area contributed by atoms with Crippen molar-refractivity contribution in [3.63, 3.8) is 0 Å². The molecule has 5 aromatic carbocycles. The minimum atomic E-state index is -1.15. The number of halogens is 6. The van der Waals surface area contributed by atoms with Crippen molar-refractivity contribution in [2.75, 3.05) is 0 Å². The molecule has 0 saturated heterocycles. The summed E-state index contributed by atoms with van der Waals surface area (Å²) in [5.41, 5.74) is 7.35. The van der Waals surface area contributed by atoms with Crippen LogP contribution in [-0.2, 0) is 32.1 Å². The standard InChI is InChI=1S/3C18H14FN3O2.C17H13ClFN3O2S.C17H13FN4O2/c2*1-12-2-13(8-20-7-12)3-18(23)14-4-15(19)6-16(5-14)24-17-9-21-11-22-10-17;1-12-3-2-4-15(22-12)8-18(23)13-5-14(19)7-16(6-13)24-17-9-20-11-21-10-17;1-10(19)15-8-25-17(22-15)5-16(23)11-2-12(18)4-13(3-11)24-14-6-20-9-21-7-14;1-11-2-3-21-17(22-11)7-16(23)12-4-13(18)6-14(5-12)24-15-8-19-10-20-9-15/h2*2,4-11H,3H2,1H3;2-7,9-11H,8H2,1H3;2-4,6-10H,5H2,1H3;2-6,8-10H,7H2,1H3. The molecule has 0 aliphatic carbocycles. The van der Waals surface area contributed by atoms with Crippen molar-refractivity contribution in [2.24, 2.45) is 0 Å². The SMILES string of the molecule is CC(F)c1csc(CC(=O)c2cc(Cl)cc(Oc3cncnc3)c2)n1.Cc1cccc(CC(=O)c2cc(F)cc(Oc3cncnc3)c2)n1.Cc1ccnc(CC(=O)c2cc(F)cc(Oc3cncnc3)c2)n1.Cc1cncc(CC(=O)c2cc(F)cc(Oc3cncnc3)c2)c1.Cc1cncc(CC(=O)c2cc(F)cc(Oc3cncnc3)c2)c1. The Hall–Kier alpha value is -15.1. The van der Waals surface area contributed by atoms with Gasteiger partial charge in [-0.2, -0.15) is 0 Å². The van der Waals surface area contributed by atoms with Crippen molar-refractivity contribution in [2.45, 2.75) is 72.9 Å². The third-order valence-corrected chi connectivity index (χ3v) is 17.2. The van der Waals surface area contributed by atoms with Crippen molar-refractivity contribution >= 4 is 51.9 Å². The highest BCUT2D eigenvalue weighted by Crippen LogP contribution is 2.31. The minimum absolute atomic E-state index is 0.0149. The molecule has 0 fully saturated rings. The molecule has 26 nitrogen and oxygen atoms in total. The number of hydrogen-bond donors (Lipinski definition) is 0. The summed E-state index contributed by atoms with van der Waals surface area (Å²) in [6.45, 7) is 8.87. The molecule has 0 saturated carbocycles. The number of alkyl halides is 1. The van der Waals surface area contributed by atoms with Crippen LogP contribution in [0.25, 0.3) is 0 Å². The lowest BCUT2D eigenvalue weighted by Gasteiger charge is -2.08. The molecular weight excluding hydrogens is 1600 g/mol. The van der Waals surface area contributed by atoms with Crippen LogP contribution in [0.5, 0.6) is 57.5 Å². The summed E-state index contributed by atoms with van der Waals surface area (Å²) in [4.78, 5) is 125. The van der Waals surface area contributed by atoms with Crippen molar-refractivity contribution in [1.29, 1.82) is 0 Å². The van der Waals surface area contributed by atoms with Gasteiger partial charge in [-0.15, -0.1) is 11.3 Å². The van der Waals surface area contributed by atoms with Crippen LogP contribution in [0.1, 0.15) is 121 Å². The number of nitrogens with zero attached hydrogens (tertiary/aromatic N) is 16. The zero-order valence-corrected chi connectivity index (χ0v) is 66.3. The van der Waals surface area contributed by atoms with Crippen LogP contribution in [0.15, 0.2) is 257 Å². The first kappa shape index (κ1) is 86.8. The Morgan fingerprint density at radius 3 is 1.07 bits per heavy atom. The van der Waals surface area contributed by atoms with E-state index in [-0.39, 0.29) is 106 Å². The van der Waals surface area contributed by atoms with Gasteiger partial charge >= 0.3 is 0 Å². The highest BCUT2D eigenvalue weighted by atomic mass is 35.5. The molecule has 1 atom stereocenters. The van der Waals surface area contributed by atoms with Gasteiger partial charge in [0.15, 0.2) is 57.7 Å². The van der Waals surface area contributed by atoms with Crippen LogP contribution in [0.2, 0.25) is 5.02 Å². The molecule has 0 spiro atoms. The van der Waals surface area contributed by atoms with E-state index in [1.807, 2.05) is 52.0 Å². The van der Waals surface area contributed by atoms with E-state index in [0.717, 1.165) is 39.7 Å². The van der Waals surface area contributed by atoms with Gasteiger partial charge in [-0.05, 0) is 142 Å². The molecule has 15 rings (SSSR count). The second-order valence-corrected chi connectivity index (χ2v) is 27.5. The molecule has 0 aliphatic heterocycles. The Bertz CT molecular complexity index is 5490. The third kappa shape index (κ3) is 28.4. The second kappa shape index (κ2) is 43.2. The number of ether oxygens (including phenoxy) is 5. The number of carbonyl (C=O) groups excluding carboxylic acids is 5. The molecule has 121 heavy (non-hydrogen) atoms. The fraction of sp³-hybridized carbons (Fsp3) is 0.125. The summed E-state index contributed by atoms with van der Waals surface area (Å²) in [6.07, 6.45) is 29.0. The third-order valence-electron chi connectivity index (χ3n) is 16.2. The lowest BCUT2D eigenvalue weighted by molar-refractivity contribution is 0.0982. The van der Waals surface area contributed by atoms with E-state index in [9.17, 15) is 45.9 Å². The first-order valence-corrected chi connectivity index (χ1v) is 37.6. The molecule has 0 radical (unpaired) electrons. The topological polar surface area (TPSA) is 338 Å². The molecule has 0 amide bonds. The molecule has 0 N–H and O–H groups in total. The largest absolute Gasteiger partial charge is 0.454 e. The van der Waals surface area contributed by atoms with Crippen LogP contribution >= 0.6 is 22.9 Å². The molecule has 10 heterocycles. The van der Waals surface area contributed by atoms with E-state index in [1.165, 1.54) is 179 Å². The van der Waals surface area contributed by atoms with E-state index < -0.39 is 29.4 Å². The summed E-state index contributed by atoms with van der Waals surface area (Å²) >= 11 is 7.34. The van der Waals surface area contributed by atoms with Crippen LogP contribution < -0.4 is 23.7 Å². The molecular formula is C88H68ClF5N16O10S. The summed E-state index contributed by atoms with van der Waals surface area (Å²) in [5.74, 6) is 0.171. The predicted molar refractivity (Wildman–Crippen MR) is 433 cm³/mol. The highest BCUT2D eigenvalue weighted by molar-refractivity contribution is 7.09. The van der Waals surface area contributed by atoms with Gasteiger partial charge in [-0.3, -0.25) is 38.9 Å². The Balaban J connectivity index is 0.000000148. The van der Waals surface area contributed by atoms with Crippen molar-refractivity contribution in [1.82, 2.24) is 79.7 Å². The Morgan fingerprint density at radius 2 is 0.711 bits per heavy atom. The molecule has 1 unspecified atom stereocenters. The second-order valence-electron chi connectivity index (χ2n) is 26.2. The number of carbonyl (C=O) groups is 5. The lowest BCUT2D eigenvalue weighted by atomic mass is 10.0. The molecule has 0 aliphatic rings. The molecule has 10 aromatic heterocycles. The first-order chi connectivity index (χ1) is 58.4. The highest BCUT2D eigenvalue weighted by Gasteiger charge is 2.20. The van der Waals surface area contributed by atoms with Crippen molar-refractivity contribution in [3.05, 3.63) is 369 Å². The predicted octanol–water partition coefficient (Wildman–Crippen LogP) is 18.4. The van der Waals surface area contributed by atoms with Gasteiger partial charge in [0.05, 0.1) is 86.9 Å². The Labute approximate surface area is 697 Å². The number of rotatable bonds is 26. The van der Waals surface area contributed by atoms with Gasteiger partial charge < -0.3 is 23.7 Å². The van der Waals surface area contributed by atoms with Crippen molar-refractivity contribution in [3.8, 4) is 57.5 Å². The smallest absolute Gasteiger partial charge is 0.170 e. The number of aryl methyl sites for hydroxylation is 4. The lowest BCUT2D eigenvalue weighted by Crippen LogP contribution is -2.08. The van der Waals surface area contributed by atoms with Crippen LogP contribution in [-0.4, -0.2) is 109 Å². The monoisotopic (exact) mass is 1670 g/mol. The maximum Gasteiger partial charge on any atom is 0.170 e. The van der Waals surface area contributed by atoms with Gasteiger partial charge in [0.25, 0.3) is 0 Å². The van der Waals surface area contributed by atoms with Crippen LogP contribution in [0.3, 0.4) is 0 Å². The van der Waals surface area contributed by atoms with E-state index in [1.54, 1.807) is 66.7 Å². The van der Waals surface area contributed by atoms with Gasteiger partial charge in [0, 0.05) is 123 Å². The number of ketones is 5. The average Bonchev–Trinajstić information content (AvgIpc) is 1.64. The number of thiazole rings is 1. The Kier molecular flexibility index (Phi) is 31.0. The zero-order valence-electron chi connectivity index (χ0n) is 64.8.